The van der Waals surface area contributed by atoms with E-state index in [-0.39, 0.29) is 5.75 Å². The Bertz CT molecular complexity index is 783. The molecule has 0 aliphatic carbocycles. The highest BCUT2D eigenvalue weighted by atomic mass is 32.1. The van der Waals surface area contributed by atoms with Gasteiger partial charge in [0.15, 0.2) is 6.61 Å². The number of hydrogen-bond acceptors (Lipinski definition) is 7. The molecule has 0 radical (unpaired) electrons. The van der Waals surface area contributed by atoms with Crippen molar-refractivity contribution in [3.05, 3.63) is 52.2 Å². The lowest BCUT2D eigenvalue weighted by atomic mass is 10.2. The molecular formula is C16H16F3O6PS. The molecular weight excluding hydrogens is 408 g/mol. The van der Waals surface area contributed by atoms with Gasteiger partial charge < -0.3 is 18.5 Å². The Kier molecular flexibility index (Phi) is 7.05. The summed E-state index contributed by atoms with van der Waals surface area (Å²) in [6.07, 6.45) is -4.47. The molecule has 1 aromatic carbocycles. The van der Waals surface area contributed by atoms with Crippen LogP contribution >= 0.6 is 18.9 Å². The average molecular weight is 424 g/mol. The minimum atomic E-state index is -4.47. The first-order valence-electron chi connectivity index (χ1n) is 7.43. The Hall–Kier alpha value is -1.87. The van der Waals surface area contributed by atoms with E-state index in [1.165, 1.54) is 11.3 Å². The molecule has 0 saturated carbocycles. The predicted octanol–water partition coefficient (Wildman–Crippen LogP) is 4.87. The third-order valence-corrected chi connectivity index (χ3v) is 6.43. The topological polar surface area (TPSA) is 71.1 Å². The number of halogens is 3. The second kappa shape index (κ2) is 8.88. The number of rotatable bonds is 8. The summed E-state index contributed by atoms with van der Waals surface area (Å²) in [5.74, 6) is -2.12. The molecule has 2 aromatic rings. The monoisotopic (exact) mass is 424 g/mol. The van der Waals surface area contributed by atoms with Crippen LogP contribution in [0, 0.1) is 0 Å². The van der Waals surface area contributed by atoms with E-state index in [9.17, 15) is 22.5 Å². The molecule has 0 bridgehead atoms. The van der Waals surface area contributed by atoms with Gasteiger partial charge in [0, 0.05) is 14.2 Å². The Morgan fingerprint density at radius 1 is 1.15 bits per heavy atom. The zero-order chi connectivity index (χ0) is 20.1. The second-order valence-electron chi connectivity index (χ2n) is 5.07. The Morgan fingerprint density at radius 3 is 2.26 bits per heavy atom. The highest BCUT2D eigenvalue weighted by Gasteiger charge is 2.39. The Balaban J connectivity index is 2.03. The van der Waals surface area contributed by atoms with Crippen LogP contribution in [0.15, 0.2) is 41.8 Å². The number of ether oxygens (including phenoxy) is 2. The van der Waals surface area contributed by atoms with Gasteiger partial charge in [-0.1, -0.05) is 6.07 Å². The fraction of sp³-hybridized carbons (Fsp3) is 0.312. The number of hydrogen-bond donors (Lipinski definition) is 0. The summed E-state index contributed by atoms with van der Waals surface area (Å²) < 4.78 is 70.3. The third-order valence-electron chi connectivity index (χ3n) is 3.36. The fourth-order valence-electron chi connectivity index (χ4n) is 2.02. The SMILES string of the molecule is COP(=O)(OC)C(OC(=O)COc1ccc(C(F)(F)F)cc1)c1cccs1. The molecule has 27 heavy (non-hydrogen) atoms. The van der Waals surface area contributed by atoms with Crippen LogP contribution in [0.25, 0.3) is 0 Å². The molecule has 6 nitrogen and oxygen atoms in total. The van der Waals surface area contributed by atoms with E-state index in [4.69, 9.17) is 18.5 Å². The van der Waals surface area contributed by atoms with Gasteiger partial charge in [-0.15, -0.1) is 11.3 Å². The molecule has 0 amide bonds. The van der Waals surface area contributed by atoms with Crippen molar-refractivity contribution in [1.82, 2.24) is 0 Å². The maximum atomic E-state index is 12.6. The zero-order valence-corrected chi connectivity index (χ0v) is 16.0. The van der Waals surface area contributed by atoms with Gasteiger partial charge in [0.2, 0.25) is 5.85 Å². The molecule has 1 heterocycles. The summed E-state index contributed by atoms with van der Waals surface area (Å²) in [5, 5.41) is 1.70. The molecule has 2 rings (SSSR count). The molecule has 148 valence electrons. The van der Waals surface area contributed by atoms with Crippen LogP contribution in [0.1, 0.15) is 16.3 Å². The van der Waals surface area contributed by atoms with Crippen molar-refractivity contribution in [3.63, 3.8) is 0 Å². The number of carbonyl (C=O) groups is 1. The van der Waals surface area contributed by atoms with Crippen LogP contribution in [0.2, 0.25) is 0 Å². The van der Waals surface area contributed by atoms with Crippen LogP contribution in [0.4, 0.5) is 13.2 Å². The number of benzene rings is 1. The summed E-state index contributed by atoms with van der Waals surface area (Å²) in [6.45, 7) is -0.597. The number of alkyl halides is 3. The first-order valence-corrected chi connectivity index (χ1v) is 9.93. The van der Waals surface area contributed by atoms with Crippen LogP contribution < -0.4 is 4.74 Å². The standard InChI is InChI=1S/C16H16F3O6PS/c1-22-26(21,23-2)15(13-4-3-9-27-13)25-14(20)10-24-12-7-5-11(6-8-12)16(17,18)19/h3-9,15H,10H2,1-2H3. The molecule has 0 spiro atoms. The predicted molar refractivity (Wildman–Crippen MR) is 91.7 cm³/mol. The van der Waals surface area contributed by atoms with E-state index in [0.29, 0.717) is 4.88 Å². The maximum absolute atomic E-state index is 12.6. The lowest BCUT2D eigenvalue weighted by Crippen LogP contribution is -2.19. The average Bonchev–Trinajstić information content (AvgIpc) is 3.17. The quantitative estimate of drug-likeness (QED) is 0.445. The van der Waals surface area contributed by atoms with Gasteiger partial charge in [0.1, 0.15) is 5.75 Å². The normalized spacial score (nSPS) is 13.2. The van der Waals surface area contributed by atoms with Crippen molar-refractivity contribution in [2.24, 2.45) is 0 Å². The Morgan fingerprint density at radius 2 is 1.78 bits per heavy atom. The molecule has 1 atom stereocenters. The van der Waals surface area contributed by atoms with Gasteiger partial charge in [0.25, 0.3) is 0 Å². The Labute approximate surface area is 157 Å². The van der Waals surface area contributed by atoms with Crippen molar-refractivity contribution >= 4 is 24.9 Å². The minimum Gasteiger partial charge on any atom is -0.482 e. The molecule has 0 aliphatic rings. The van der Waals surface area contributed by atoms with Crippen LogP contribution in [0.5, 0.6) is 5.75 Å². The largest absolute Gasteiger partial charge is 0.482 e. The number of esters is 1. The van der Waals surface area contributed by atoms with Crippen LogP contribution in [0.3, 0.4) is 0 Å². The van der Waals surface area contributed by atoms with E-state index in [0.717, 1.165) is 38.5 Å². The second-order valence-corrected chi connectivity index (χ2v) is 8.33. The highest BCUT2D eigenvalue weighted by Crippen LogP contribution is 2.61. The number of thiophene rings is 1. The van der Waals surface area contributed by atoms with E-state index in [1.807, 2.05) is 0 Å². The van der Waals surface area contributed by atoms with Gasteiger partial charge in [-0.2, -0.15) is 13.2 Å². The molecule has 0 N–H and O–H groups in total. The van der Waals surface area contributed by atoms with Crippen molar-refractivity contribution in [2.75, 3.05) is 20.8 Å². The first-order chi connectivity index (χ1) is 12.7. The summed E-state index contributed by atoms with van der Waals surface area (Å²) in [6, 6.07) is 7.11. The maximum Gasteiger partial charge on any atom is 0.416 e. The van der Waals surface area contributed by atoms with Crippen LogP contribution in [-0.2, 0) is 29.3 Å². The van der Waals surface area contributed by atoms with Crippen molar-refractivity contribution < 1.29 is 41.1 Å². The number of carbonyl (C=O) groups excluding carboxylic acids is 1. The fourth-order valence-corrected chi connectivity index (χ4v) is 4.40. The van der Waals surface area contributed by atoms with Crippen molar-refractivity contribution in [3.8, 4) is 5.75 Å². The minimum absolute atomic E-state index is 0.0503. The summed E-state index contributed by atoms with van der Waals surface area (Å²) in [4.78, 5) is 12.5. The van der Waals surface area contributed by atoms with Gasteiger partial charge in [-0.05, 0) is 35.7 Å². The lowest BCUT2D eigenvalue weighted by molar-refractivity contribution is -0.149. The molecule has 11 heteroatoms. The molecule has 0 fully saturated rings. The summed E-state index contributed by atoms with van der Waals surface area (Å²) >= 11 is 1.19. The van der Waals surface area contributed by atoms with E-state index >= 15 is 0 Å². The first kappa shape index (κ1) is 21.4. The lowest BCUT2D eigenvalue weighted by Gasteiger charge is -2.23. The van der Waals surface area contributed by atoms with E-state index in [1.54, 1.807) is 17.5 Å². The molecule has 1 unspecified atom stereocenters. The zero-order valence-electron chi connectivity index (χ0n) is 14.3. The van der Waals surface area contributed by atoms with Gasteiger partial charge in [-0.3, -0.25) is 4.57 Å². The van der Waals surface area contributed by atoms with E-state index in [2.05, 4.69) is 0 Å². The smallest absolute Gasteiger partial charge is 0.416 e. The molecule has 0 aliphatic heterocycles. The van der Waals surface area contributed by atoms with Gasteiger partial charge in [-0.25, -0.2) is 4.79 Å². The highest BCUT2D eigenvalue weighted by molar-refractivity contribution is 7.54. The molecule has 0 saturated heterocycles. The summed E-state index contributed by atoms with van der Waals surface area (Å²) in [5.41, 5.74) is -0.837. The van der Waals surface area contributed by atoms with E-state index < -0.39 is 37.8 Å². The third kappa shape index (κ3) is 5.55. The van der Waals surface area contributed by atoms with Crippen LogP contribution in [-0.4, -0.2) is 26.8 Å². The summed E-state index contributed by atoms with van der Waals surface area (Å²) in [7, 11) is -1.44. The van der Waals surface area contributed by atoms with Gasteiger partial charge >= 0.3 is 19.7 Å². The van der Waals surface area contributed by atoms with Gasteiger partial charge in [0.05, 0.1) is 10.4 Å². The van der Waals surface area contributed by atoms with Crippen molar-refractivity contribution in [2.45, 2.75) is 12.0 Å². The van der Waals surface area contributed by atoms with Crippen molar-refractivity contribution in [1.29, 1.82) is 0 Å². The molecule has 1 aromatic heterocycles.